The molecule has 2 unspecified atom stereocenters. The average Bonchev–Trinajstić information content (AvgIpc) is 2.82. The highest BCUT2D eigenvalue weighted by molar-refractivity contribution is 5.69. The molecule has 222 valence electrons. The Bertz CT molecular complexity index is 474. The number of aliphatic hydroxyl groups excluding tert-OH is 1. The molecule has 6 nitrogen and oxygen atoms in total. The fraction of sp³-hybridized carbons (Fsp3) is 0.968. The van der Waals surface area contributed by atoms with Gasteiger partial charge in [0.2, 0.25) is 0 Å². The van der Waals surface area contributed by atoms with Crippen molar-refractivity contribution in [2.75, 3.05) is 39.5 Å². The number of carbonyl (C=O) groups is 1. The van der Waals surface area contributed by atoms with Gasteiger partial charge in [-0.2, -0.15) is 0 Å². The first-order chi connectivity index (χ1) is 17.7. The zero-order valence-electron chi connectivity index (χ0n) is 25.4. The monoisotopic (exact) mass is 529 g/mol. The molecule has 0 saturated carbocycles. The lowest BCUT2D eigenvalue weighted by molar-refractivity contribution is -0.163. The maximum absolute atomic E-state index is 12.1. The molecule has 0 amide bonds. The molecule has 0 radical (unpaired) electrons. The van der Waals surface area contributed by atoms with Crippen LogP contribution in [0.25, 0.3) is 0 Å². The Kier molecular flexibility index (Phi) is 25.1. The highest BCUT2D eigenvalue weighted by Gasteiger charge is 2.14. The summed E-state index contributed by atoms with van der Waals surface area (Å²) >= 11 is 0. The van der Waals surface area contributed by atoms with E-state index in [4.69, 9.17) is 19.3 Å². The minimum absolute atomic E-state index is 0.139. The van der Waals surface area contributed by atoms with Crippen molar-refractivity contribution >= 4 is 5.97 Å². The molecule has 6 heteroatoms. The lowest BCUT2D eigenvalue weighted by atomic mass is 9.97. The summed E-state index contributed by atoms with van der Waals surface area (Å²) in [5.74, 6) is 2.70. The topological polar surface area (TPSA) is 77.0 Å². The lowest BCUT2D eigenvalue weighted by Gasteiger charge is -2.21. The van der Waals surface area contributed by atoms with Gasteiger partial charge < -0.3 is 24.6 Å². The minimum Gasteiger partial charge on any atom is -0.465 e. The molecule has 0 aliphatic rings. The van der Waals surface area contributed by atoms with E-state index < -0.39 is 0 Å². The van der Waals surface area contributed by atoms with Crippen LogP contribution < -0.4 is 5.32 Å². The Morgan fingerprint density at radius 2 is 1.22 bits per heavy atom. The summed E-state index contributed by atoms with van der Waals surface area (Å²) in [4.78, 5) is 12.1. The molecule has 0 aromatic heterocycles. The first-order valence-corrected chi connectivity index (χ1v) is 15.4. The van der Waals surface area contributed by atoms with Gasteiger partial charge in [0.15, 0.2) is 6.29 Å². The van der Waals surface area contributed by atoms with Crippen LogP contribution in [0.3, 0.4) is 0 Å². The number of ether oxygens (including phenoxy) is 3. The molecule has 0 aliphatic heterocycles. The third-order valence-corrected chi connectivity index (χ3v) is 6.93. The Hall–Kier alpha value is -0.690. The van der Waals surface area contributed by atoms with Gasteiger partial charge in [-0.1, -0.05) is 86.5 Å². The van der Waals surface area contributed by atoms with E-state index >= 15 is 0 Å². The van der Waals surface area contributed by atoms with Crippen LogP contribution in [0, 0.1) is 23.7 Å². The van der Waals surface area contributed by atoms with E-state index in [0.29, 0.717) is 51.0 Å². The molecule has 0 heterocycles. The van der Waals surface area contributed by atoms with Gasteiger partial charge in [0.1, 0.15) is 0 Å². The zero-order chi connectivity index (χ0) is 27.7. The Morgan fingerprint density at radius 1 is 0.649 bits per heavy atom. The Labute approximate surface area is 230 Å². The van der Waals surface area contributed by atoms with Crippen molar-refractivity contribution < 1.29 is 24.1 Å². The van der Waals surface area contributed by atoms with Crippen LogP contribution in [0.15, 0.2) is 0 Å². The number of esters is 1. The van der Waals surface area contributed by atoms with E-state index in [1.165, 1.54) is 38.5 Å². The van der Waals surface area contributed by atoms with Gasteiger partial charge in [-0.25, -0.2) is 0 Å². The van der Waals surface area contributed by atoms with Gasteiger partial charge in [0.25, 0.3) is 0 Å². The third-order valence-electron chi connectivity index (χ3n) is 6.93. The number of hydrogen-bond acceptors (Lipinski definition) is 6. The van der Waals surface area contributed by atoms with E-state index in [1.54, 1.807) is 0 Å². The minimum atomic E-state index is -0.309. The predicted molar refractivity (Wildman–Crippen MR) is 155 cm³/mol. The van der Waals surface area contributed by atoms with Crippen LogP contribution in [0.5, 0.6) is 0 Å². The van der Waals surface area contributed by atoms with Crippen LogP contribution in [0.4, 0.5) is 0 Å². The van der Waals surface area contributed by atoms with E-state index in [9.17, 15) is 4.79 Å². The second-order valence-electron chi connectivity index (χ2n) is 11.9. The second kappa shape index (κ2) is 25.6. The predicted octanol–water partition coefficient (Wildman–Crippen LogP) is 7.13. The molecule has 0 aliphatic carbocycles. The van der Waals surface area contributed by atoms with E-state index in [2.05, 4.69) is 46.9 Å². The molecule has 2 atom stereocenters. The van der Waals surface area contributed by atoms with Gasteiger partial charge in [0, 0.05) is 32.6 Å². The molecule has 0 saturated heterocycles. The summed E-state index contributed by atoms with van der Waals surface area (Å²) in [6, 6.07) is 0. The highest BCUT2D eigenvalue weighted by atomic mass is 16.7. The average molecular weight is 530 g/mol. The number of unbranched alkanes of at least 4 members (excludes halogenated alkanes) is 2. The molecule has 0 spiro atoms. The number of carbonyl (C=O) groups excluding carboxylic acids is 1. The van der Waals surface area contributed by atoms with Gasteiger partial charge in [0.05, 0.1) is 13.2 Å². The van der Waals surface area contributed by atoms with E-state index in [-0.39, 0.29) is 18.9 Å². The van der Waals surface area contributed by atoms with Crippen molar-refractivity contribution in [3.8, 4) is 0 Å². The van der Waals surface area contributed by atoms with Gasteiger partial charge >= 0.3 is 5.97 Å². The lowest BCUT2D eigenvalue weighted by Crippen LogP contribution is -2.23. The van der Waals surface area contributed by atoms with Crippen molar-refractivity contribution in [3.63, 3.8) is 0 Å². The van der Waals surface area contributed by atoms with Crippen molar-refractivity contribution in [1.82, 2.24) is 5.32 Å². The molecule has 2 N–H and O–H groups in total. The van der Waals surface area contributed by atoms with Crippen LogP contribution in [0.2, 0.25) is 0 Å². The first kappa shape index (κ1) is 36.3. The summed E-state index contributed by atoms with van der Waals surface area (Å²) in [5.41, 5.74) is 0. The van der Waals surface area contributed by atoms with Crippen LogP contribution >= 0.6 is 0 Å². The smallest absolute Gasteiger partial charge is 0.305 e. The summed E-state index contributed by atoms with van der Waals surface area (Å²) in [5, 5.41) is 11.9. The quantitative estimate of drug-likeness (QED) is 0.0670. The number of hydrogen-bond donors (Lipinski definition) is 2. The molecule has 0 fully saturated rings. The summed E-state index contributed by atoms with van der Waals surface area (Å²) in [6.07, 6.45) is 13.3. The molecular weight excluding hydrogens is 466 g/mol. The fourth-order valence-corrected chi connectivity index (χ4v) is 4.30. The van der Waals surface area contributed by atoms with E-state index in [1.807, 2.05) is 0 Å². The molecule has 37 heavy (non-hydrogen) atoms. The van der Waals surface area contributed by atoms with Crippen molar-refractivity contribution in [2.45, 2.75) is 131 Å². The largest absolute Gasteiger partial charge is 0.465 e. The zero-order valence-corrected chi connectivity index (χ0v) is 25.4. The first-order valence-electron chi connectivity index (χ1n) is 15.4. The van der Waals surface area contributed by atoms with E-state index in [0.717, 1.165) is 50.5 Å². The maximum Gasteiger partial charge on any atom is 0.305 e. The van der Waals surface area contributed by atoms with Crippen LogP contribution in [-0.4, -0.2) is 56.9 Å². The Morgan fingerprint density at radius 3 is 1.73 bits per heavy atom. The molecule has 0 aromatic carbocycles. The number of nitrogens with one attached hydrogen (secondary N) is 1. The van der Waals surface area contributed by atoms with Gasteiger partial charge in [-0.05, 0) is 55.9 Å². The van der Waals surface area contributed by atoms with Gasteiger partial charge in [-0.15, -0.1) is 0 Å². The van der Waals surface area contributed by atoms with Crippen LogP contribution in [0.1, 0.15) is 125 Å². The Balaban J connectivity index is 4.27. The van der Waals surface area contributed by atoms with Crippen LogP contribution in [-0.2, 0) is 19.0 Å². The SMILES string of the molecule is CC(C)CCCC(C)CCOC(CCOC(=O)CCCCCNCCO)OCCC(C)CCCC(C)C. The van der Waals surface area contributed by atoms with Gasteiger partial charge in [-0.3, -0.25) is 4.79 Å². The normalized spacial score (nSPS) is 14.3. The maximum atomic E-state index is 12.1. The summed E-state index contributed by atoms with van der Waals surface area (Å²) in [6.45, 7) is 17.1. The van der Waals surface area contributed by atoms with Crippen molar-refractivity contribution in [3.05, 3.63) is 0 Å². The molecule has 0 aromatic rings. The molecule has 0 bridgehead atoms. The highest BCUT2D eigenvalue weighted by Crippen LogP contribution is 2.18. The standard InChI is InChI=1S/C31H63NO5/c1-26(2)12-10-14-28(5)17-23-36-31(37-24-18-29(6)15-11-13-27(3)4)19-25-35-30(34)16-8-7-9-20-32-21-22-33/h26-29,31-33H,7-25H2,1-6H3. The fourth-order valence-electron chi connectivity index (χ4n) is 4.30. The second-order valence-corrected chi connectivity index (χ2v) is 11.9. The third kappa shape index (κ3) is 26.7. The molecular formula is C31H63NO5. The number of rotatable bonds is 27. The van der Waals surface area contributed by atoms with Crippen molar-refractivity contribution in [1.29, 1.82) is 0 Å². The number of aliphatic hydroxyl groups is 1. The molecule has 0 rings (SSSR count). The summed E-state index contributed by atoms with van der Waals surface area (Å²) < 4.78 is 17.7. The summed E-state index contributed by atoms with van der Waals surface area (Å²) in [7, 11) is 0. The van der Waals surface area contributed by atoms with Crippen molar-refractivity contribution in [2.24, 2.45) is 23.7 Å².